The number of piperidine rings is 1. The molecule has 1 aromatic rings. The van der Waals surface area contributed by atoms with E-state index in [4.69, 9.17) is 0 Å². The summed E-state index contributed by atoms with van der Waals surface area (Å²) in [6, 6.07) is 8.86. The number of rotatable bonds is 5. The molecule has 178 valence electrons. The van der Waals surface area contributed by atoms with Crippen molar-refractivity contribution in [1.82, 2.24) is 10.2 Å². The van der Waals surface area contributed by atoms with E-state index < -0.39 is 0 Å². The molecule has 1 N–H and O–H groups in total. The largest absolute Gasteiger partial charge is 0.345 e. The Morgan fingerprint density at radius 2 is 1.34 bits per heavy atom. The molecule has 3 aliphatic rings. The Morgan fingerprint density at radius 1 is 0.844 bits per heavy atom. The lowest BCUT2D eigenvalue weighted by atomic mass is 10.0. The van der Waals surface area contributed by atoms with Crippen LogP contribution in [0.25, 0.3) is 0 Å². The zero-order valence-corrected chi connectivity index (χ0v) is 20.1. The number of amides is 2. The molecule has 32 heavy (non-hydrogen) atoms. The minimum Gasteiger partial charge on any atom is -0.345 e. The van der Waals surface area contributed by atoms with Gasteiger partial charge in [0.25, 0.3) is 5.91 Å². The number of hydrogen-bond donors (Lipinski definition) is 1. The molecular weight excluding hydrogens is 400 g/mol. The summed E-state index contributed by atoms with van der Waals surface area (Å²) in [5, 5.41) is 2.59. The van der Waals surface area contributed by atoms with Crippen molar-refractivity contribution in [1.29, 1.82) is 0 Å². The zero-order valence-electron chi connectivity index (χ0n) is 20.1. The SMILES string of the molecule is C1CCCCC1.CC(C)C(=O)CNC(=O)c1ccccc1.O=C(C1CC1)N1CCCCC1. The maximum absolute atomic E-state index is 11.5. The third-order valence-corrected chi connectivity index (χ3v) is 6.20. The molecule has 0 atom stereocenters. The highest BCUT2D eigenvalue weighted by Crippen LogP contribution is 2.31. The summed E-state index contributed by atoms with van der Waals surface area (Å²) >= 11 is 0. The van der Waals surface area contributed by atoms with Crippen LogP contribution >= 0.6 is 0 Å². The molecule has 2 aliphatic carbocycles. The molecule has 5 heteroatoms. The van der Waals surface area contributed by atoms with Gasteiger partial charge in [-0.25, -0.2) is 0 Å². The fraction of sp³-hybridized carbons (Fsp3) is 0.667. The van der Waals surface area contributed by atoms with Crippen LogP contribution < -0.4 is 5.32 Å². The number of benzene rings is 1. The summed E-state index contributed by atoms with van der Waals surface area (Å²) < 4.78 is 0. The monoisotopic (exact) mass is 442 g/mol. The Balaban J connectivity index is 0.000000185. The second-order valence-corrected chi connectivity index (χ2v) is 9.45. The minimum absolute atomic E-state index is 0.0407. The van der Waals surface area contributed by atoms with Gasteiger partial charge in [0.2, 0.25) is 5.91 Å². The lowest BCUT2D eigenvalue weighted by molar-refractivity contribution is -0.133. The maximum Gasteiger partial charge on any atom is 0.251 e. The summed E-state index contributed by atoms with van der Waals surface area (Å²) in [6.45, 7) is 5.78. The van der Waals surface area contributed by atoms with Gasteiger partial charge in [-0.3, -0.25) is 14.4 Å². The third kappa shape index (κ3) is 10.4. The molecule has 1 aliphatic heterocycles. The lowest BCUT2D eigenvalue weighted by Gasteiger charge is -2.26. The quantitative estimate of drug-likeness (QED) is 0.665. The van der Waals surface area contributed by atoms with Gasteiger partial charge in [-0.1, -0.05) is 70.6 Å². The molecule has 0 spiro atoms. The van der Waals surface area contributed by atoms with E-state index in [-0.39, 0.29) is 24.2 Å². The molecule has 4 rings (SSSR count). The number of Topliss-reactive ketones (excluding diaryl/α,β-unsaturated/α-hetero) is 1. The normalized spacial score (nSPS) is 17.9. The van der Waals surface area contributed by atoms with Crippen LogP contribution in [0.3, 0.4) is 0 Å². The molecule has 0 radical (unpaired) electrons. The van der Waals surface area contributed by atoms with Crippen molar-refractivity contribution in [2.45, 2.75) is 84.5 Å². The van der Waals surface area contributed by atoms with Gasteiger partial charge in [-0.05, 0) is 44.2 Å². The van der Waals surface area contributed by atoms with Gasteiger partial charge < -0.3 is 10.2 Å². The Labute approximate surface area is 194 Å². The van der Waals surface area contributed by atoms with Crippen LogP contribution in [-0.2, 0) is 9.59 Å². The van der Waals surface area contributed by atoms with E-state index in [2.05, 4.69) is 10.2 Å². The number of carbonyl (C=O) groups excluding carboxylic acids is 3. The average molecular weight is 443 g/mol. The zero-order chi connectivity index (χ0) is 23.2. The van der Waals surface area contributed by atoms with Crippen molar-refractivity contribution in [2.24, 2.45) is 11.8 Å². The highest BCUT2D eigenvalue weighted by Gasteiger charge is 2.33. The predicted molar refractivity (Wildman–Crippen MR) is 129 cm³/mol. The van der Waals surface area contributed by atoms with Gasteiger partial charge in [0.1, 0.15) is 0 Å². The van der Waals surface area contributed by atoms with E-state index in [0.29, 0.717) is 17.4 Å². The van der Waals surface area contributed by atoms with Crippen LogP contribution in [0.2, 0.25) is 0 Å². The minimum atomic E-state index is -0.204. The molecular formula is C27H42N2O3. The van der Waals surface area contributed by atoms with Crippen LogP contribution in [-0.4, -0.2) is 42.1 Å². The van der Waals surface area contributed by atoms with Gasteiger partial charge in [-0.2, -0.15) is 0 Å². The van der Waals surface area contributed by atoms with E-state index in [1.54, 1.807) is 24.3 Å². The van der Waals surface area contributed by atoms with E-state index in [9.17, 15) is 14.4 Å². The topological polar surface area (TPSA) is 66.5 Å². The first-order valence-corrected chi connectivity index (χ1v) is 12.6. The molecule has 0 bridgehead atoms. The Morgan fingerprint density at radius 3 is 1.81 bits per heavy atom. The van der Waals surface area contributed by atoms with Crippen LogP contribution in [0.5, 0.6) is 0 Å². The summed E-state index contributed by atoms with van der Waals surface area (Å²) in [5.74, 6) is 0.655. The van der Waals surface area contributed by atoms with Crippen LogP contribution in [0, 0.1) is 11.8 Å². The first kappa shape index (κ1) is 26.1. The number of ketones is 1. The second kappa shape index (κ2) is 14.8. The molecule has 0 aromatic heterocycles. The molecule has 0 unspecified atom stereocenters. The Kier molecular flexibility index (Phi) is 12.1. The van der Waals surface area contributed by atoms with Crippen LogP contribution in [0.1, 0.15) is 94.8 Å². The number of likely N-dealkylation sites (tertiary alicyclic amines) is 1. The summed E-state index contributed by atoms with van der Waals surface area (Å²) in [4.78, 5) is 36.3. The van der Waals surface area contributed by atoms with Crippen molar-refractivity contribution in [3.63, 3.8) is 0 Å². The van der Waals surface area contributed by atoms with Crippen molar-refractivity contribution < 1.29 is 14.4 Å². The molecule has 1 saturated heterocycles. The second-order valence-electron chi connectivity index (χ2n) is 9.45. The lowest BCUT2D eigenvalue weighted by Crippen LogP contribution is -2.36. The highest BCUT2D eigenvalue weighted by molar-refractivity contribution is 5.96. The van der Waals surface area contributed by atoms with Gasteiger partial charge >= 0.3 is 0 Å². The van der Waals surface area contributed by atoms with Gasteiger partial charge in [0, 0.05) is 30.5 Å². The van der Waals surface area contributed by atoms with Crippen molar-refractivity contribution in [3.05, 3.63) is 35.9 Å². The fourth-order valence-corrected chi connectivity index (χ4v) is 3.83. The van der Waals surface area contributed by atoms with E-state index in [0.717, 1.165) is 25.9 Å². The van der Waals surface area contributed by atoms with Gasteiger partial charge in [0.05, 0.1) is 6.54 Å². The van der Waals surface area contributed by atoms with Crippen molar-refractivity contribution >= 4 is 17.6 Å². The van der Waals surface area contributed by atoms with Gasteiger partial charge in [-0.15, -0.1) is 0 Å². The summed E-state index contributed by atoms with van der Waals surface area (Å²) in [7, 11) is 0. The Bertz CT molecular complexity index is 677. The molecule has 3 fully saturated rings. The maximum atomic E-state index is 11.5. The number of carbonyl (C=O) groups is 3. The van der Waals surface area contributed by atoms with Crippen LogP contribution in [0.15, 0.2) is 30.3 Å². The van der Waals surface area contributed by atoms with Gasteiger partial charge in [0.15, 0.2) is 5.78 Å². The molecule has 1 aromatic carbocycles. The first-order valence-electron chi connectivity index (χ1n) is 12.6. The Hall–Kier alpha value is -2.17. The summed E-state index contributed by atoms with van der Waals surface area (Å²) in [6.07, 6.45) is 15.1. The average Bonchev–Trinajstić information content (AvgIpc) is 3.70. The predicted octanol–water partition coefficient (Wildman–Crippen LogP) is 5.39. The number of hydrogen-bond acceptors (Lipinski definition) is 3. The number of nitrogens with zero attached hydrogens (tertiary/aromatic N) is 1. The smallest absolute Gasteiger partial charge is 0.251 e. The van der Waals surface area contributed by atoms with E-state index >= 15 is 0 Å². The molecule has 2 saturated carbocycles. The first-order chi connectivity index (χ1) is 15.5. The molecule has 2 amide bonds. The van der Waals surface area contributed by atoms with Crippen molar-refractivity contribution in [3.8, 4) is 0 Å². The molecule has 1 heterocycles. The molecule has 5 nitrogen and oxygen atoms in total. The number of nitrogens with one attached hydrogen (secondary N) is 1. The van der Waals surface area contributed by atoms with E-state index in [1.807, 2.05) is 19.9 Å². The fourth-order valence-electron chi connectivity index (χ4n) is 3.83. The summed E-state index contributed by atoms with van der Waals surface area (Å²) in [5.41, 5.74) is 0.578. The van der Waals surface area contributed by atoms with Crippen LogP contribution in [0.4, 0.5) is 0 Å². The highest BCUT2D eigenvalue weighted by atomic mass is 16.2. The third-order valence-electron chi connectivity index (χ3n) is 6.20. The standard InChI is InChI=1S/C12H15NO2.C9H15NO.C6H12/c1-9(2)11(14)8-13-12(15)10-6-4-3-5-7-10;11-9(8-4-5-8)10-6-2-1-3-7-10;1-2-4-6-5-3-1/h3-7,9H,8H2,1-2H3,(H,13,15);8H,1-7H2;1-6H2. The van der Waals surface area contributed by atoms with E-state index in [1.165, 1.54) is 57.8 Å². The van der Waals surface area contributed by atoms with Crippen molar-refractivity contribution in [2.75, 3.05) is 19.6 Å².